The van der Waals surface area contributed by atoms with Crippen molar-refractivity contribution in [1.82, 2.24) is 5.32 Å². The van der Waals surface area contributed by atoms with Crippen molar-refractivity contribution in [2.75, 3.05) is 30.9 Å². The van der Waals surface area contributed by atoms with Crippen molar-refractivity contribution in [3.8, 4) is 0 Å². The van der Waals surface area contributed by atoms with Crippen LogP contribution in [-0.4, -0.2) is 32.7 Å². The van der Waals surface area contributed by atoms with Crippen LogP contribution >= 0.6 is 15.9 Å². The quantitative estimate of drug-likeness (QED) is 0.853. The molecule has 20 heavy (non-hydrogen) atoms. The van der Waals surface area contributed by atoms with E-state index in [4.69, 9.17) is 0 Å². The molecule has 3 nitrogen and oxygen atoms in total. The number of hydrogen-bond acceptors (Lipinski definition) is 3. The van der Waals surface area contributed by atoms with Crippen LogP contribution in [0.1, 0.15) is 32.6 Å². The maximum atomic E-state index is 3.67. The summed E-state index contributed by atoms with van der Waals surface area (Å²) in [6.45, 7) is 3.45. The zero-order chi connectivity index (χ0) is 14.5. The summed E-state index contributed by atoms with van der Waals surface area (Å²) in [5, 5.41) is 7.29. The summed E-state index contributed by atoms with van der Waals surface area (Å²) in [7, 11) is 4.17. The summed E-state index contributed by atoms with van der Waals surface area (Å²) in [5.41, 5.74) is 2.43. The van der Waals surface area contributed by atoms with Gasteiger partial charge in [0, 0.05) is 30.7 Å². The molecule has 0 bridgehead atoms. The van der Waals surface area contributed by atoms with Crippen molar-refractivity contribution in [2.24, 2.45) is 0 Å². The number of halogens is 1. The zero-order valence-corrected chi connectivity index (χ0v) is 14.3. The predicted octanol–water partition coefficient (Wildman–Crippen LogP) is 3.85. The van der Waals surface area contributed by atoms with Crippen LogP contribution < -0.4 is 15.5 Å². The average molecular weight is 340 g/mol. The van der Waals surface area contributed by atoms with Crippen molar-refractivity contribution >= 4 is 27.3 Å². The molecule has 0 amide bonds. The van der Waals surface area contributed by atoms with Crippen molar-refractivity contribution in [2.45, 2.75) is 44.7 Å². The minimum absolute atomic E-state index is 0.471. The highest BCUT2D eigenvalue weighted by Gasteiger charge is 2.16. The lowest BCUT2D eigenvalue weighted by Gasteiger charge is -2.28. The Labute approximate surface area is 131 Å². The predicted molar refractivity (Wildman–Crippen MR) is 91.8 cm³/mol. The van der Waals surface area contributed by atoms with E-state index in [-0.39, 0.29) is 0 Å². The van der Waals surface area contributed by atoms with E-state index < -0.39 is 0 Å². The molecule has 0 saturated carbocycles. The van der Waals surface area contributed by atoms with Crippen LogP contribution in [0.3, 0.4) is 0 Å². The normalized spacial score (nSPS) is 20.5. The second-order valence-corrected chi connectivity index (χ2v) is 6.90. The van der Waals surface area contributed by atoms with Crippen LogP contribution in [-0.2, 0) is 0 Å². The van der Waals surface area contributed by atoms with Gasteiger partial charge in [0.05, 0.1) is 11.4 Å². The molecule has 2 atom stereocenters. The highest BCUT2D eigenvalue weighted by atomic mass is 79.9. The standard InChI is InChI=1S/C16H26BrN3/c1-12(10-14-6-4-5-9-18-14)19-15-11-13(17)7-8-16(15)20(2)3/h7-8,11-12,14,18-19H,4-6,9-10H2,1-3H3. The number of rotatable bonds is 5. The Balaban J connectivity index is 1.99. The van der Waals surface area contributed by atoms with E-state index >= 15 is 0 Å². The highest BCUT2D eigenvalue weighted by Crippen LogP contribution is 2.29. The number of nitrogens with zero attached hydrogens (tertiary/aromatic N) is 1. The maximum Gasteiger partial charge on any atom is 0.0597 e. The average Bonchev–Trinajstić information content (AvgIpc) is 2.39. The van der Waals surface area contributed by atoms with Crippen molar-refractivity contribution in [3.05, 3.63) is 22.7 Å². The van der Waals surface area contributed by atoms with E-state index in [0.717, 1.165) is 4.47 Å². The number of benzene rings is 1. The van der Waals surface area contributed by atoms with E-state index in [1.165, 1.54) is 43.6 Å². The SMILES string of the molecule is CC(CC1CCCCN1)Nc1cc(Br)ccc1N(C)C. The van der Waals surface area contributed by atoms with Crippen LogP contribution in [0, 0.1) is 0 Å². The first kappa shape index (κ1) is 15.6. The topological polar surface area (TPSA) is 27.3 Å². The third kappa shape index (κ3) is 4.38. The monoisotopic (exact) mass is 339 g/mol. The number of hydrogen-bond donors (Lipinski definition) is 2. The lowest BCUT2D eigenvalue weighted by Crippen LogP contribution is -2.37. The first-order valence-corrected chi connectivity index (χ1v) is 8.32. The maximum absolute atomic E-state index is 3.67. The molecule has 1 saturated heterocycles. The van der Waals surface area contributed by atoms with Gasteiger partial charge < -0.3 is 15.5 Å². The Hall–Kier alpha value is -0.740. The highest BCUT2D eigenvalue weighted by molar-refractivity contribution is 9.10. The Morgan fingerprint density at radius 1 is 1.40 bits per heavy atom. The molecule has 2 unspecified atom stereocenters. The summed E-state index contributed by atoms with van der Waals surface area (Å²) in [5.74, 6) is 0. The van der Waals surface area contributed by atoms with Crippen LogP contribution in [0.2, 0.25) is 0 Å². The molecule has 1 heterocycles. The Morgan fingerprint density at radius 3 is 2.85 bits per heavy atom. The van der Waals surface area contributed by atoms with Gasteiger partial charge in [-0.1, -0.05) is 22.4 Å². The van der Waals surface area contributed by atoms with Crippen LogP contribution in [0.5, 0.6) is 0 Å². The molecule has 112 valence electrons. The fourth-order valence-corrected chi connectivity index (χ4v) is 3.25. The van der Waals surface area contributed by atoms with Crippen LogP contribution in [0.15, 0.2) is 22.7 Å². The van der Waals surface area contributed by atoms with Gasteiger partial charge in [-0.05, 0) is 50.9 Å². The van der Waals surface area contributed by atoms with Crippen molar-refractivity contribution in [3.63, 3.8) is 0 Å². The van der Waals surface area contributed by atoms with Gasteiger partial charge in [-0.2, -0.15) is 0 Å². The molecule has 1 fully saturated rings. The van der Waals surface area contributed by atoms with Gasteiger partial charge in [-0.15, -0.1) is 0 Å². The molecule has 4 heteroatoms. The minimum Gasteiger partial charge on any atom is -0.381 e. The molecule has 1 aromatic carbocycles. The smallest absolute Gasteiger partial charge is 0.0597 e. The molecular formula is C16H26BrN3. The van der Waals surface area contributed by atoms with E-state index in [2.05, 4.69) is 70.7 Å². The van der Waals surface area contributed by atoms with E-state index in [0.29, 0.717) is 12.1 Å². The number of anilines is 2. The summed E-state index contributed by atoms with van der Waals surface area (Å²) in [6.07, 6.45) is 5.18. The Bertz CT molecular complexity index is 428. The molecule has 0 spiro atoms. The number of nitrogens with one attached hydrogen (secondary N) is 2. The van der Waals surface area contributed by atoms with Gasteiger partial charge in [-0.25, -0.2) is 0 Å². The summed E-state index contributed by atoms with van der Waals surface area (Å²) < 4.78 is 1.12. The molecule has 1 aliphatic rings. The van der Waals surface area contributed by atoms with Gasteiger partial charge in [0.1, 0.15) is 0 Å². The van der Waals surface area contributed by atoms with E-state index in [9.17, 15) is 0 Å². The fraction of sp³-hybridized carbons (Fsp3) is 0.625. The lowest BCUT2D eigenvalue weighted by atomic mass is 9.98. The summed E-state index contributed by atoms with van der Waals surface area (Å²) in [4.78, 5) is 2.15. The van der Waals surface area contributed by atoms with Crippen molar-refractivity contribution in [1.29, 1.82) is 0 Å². The van der Waals surface area contributed by atoms with Gasteiger partial charge in [0.2, 0.25) is 0 Å². The lowest BCUT2D eigenvalue weighted by molar-refractivity contribution is 0.371. The molecule has 1 aromatic rings. The van der Waals surface area contributed by atoms with E-state index in [1.807, 2.05) is 0 Å². The molecule has 2 rings (SSSR count). The molecule has 0 aromatic heterocycles. The summed E-state index contributed by atoms with van der Waals surface area (Å²) in [6, 6.07) is 7.55. The molecule has 2 N–H and O–H groups in total. The Kier molecular flexibility index (Phi) is 5.73. The third-order valence-corrected chi connectivity index (χ3v) is 4.39. The molecular weight excluding hydrogens is 314 g/mol. The van der Waals surface area contributed by atoms with Gasteiger partial charge >= 0.3 is 0 Å². The van der Waals surface area contributed by atoms with Crippen LogP contribution in [0.25, 0.3) is 0 Å². The molecule has 0 radical (unpaired) electrons. The Morgan fingerprint density at radius 2 is 2.20 bits per heavy atom. The fourth-order valence-electron chi connectivity index (χ4n) is 2.89. The molecule has 1 aliphatic heterocycles. The second-order valence-electron chi connectivity index (χ2n) is 5.98. The largest absolute Gasteiger partial charge is 0.381 e. The number of piperidine rings is 1. The first-order chi connectivity index (χ1) is 9.56. The van der Waals surface area contributed by atoms with E-state index in [1.54, 1.807) is 0 Å². The van der Waals surface area contributed by atoms with Crippen LogP contribution in [0.4, 0.5) is 11.4 Å². The first-order valence-electron chi connectivity index (χ1n) is 7.53. The van der Waals surface area contributed by atoms with Gasteiger partial charge in [0.25, 0.3) is 0 Å². The van der Waals surface area contributed by atoms with Gasteiger partial charge in [0.15, 0.2) is 0 Å². The zero-order valence-electron chi connectivity index (χ0n) is 12.7. The van der Waals surface area contributed by atoms with Gasteiger partial charge in [-0.3, -0.25) is 0 Å². The summed E-state index contributed by atoms with van der Waals surface area (Å²) >= 11 is 3.56. The molecule has 0 aliphatic carbocycles. The second kappa shape index (κ2) is 7.32. The third-order valence-electron chi connectivity index (χ3n) is 3.89. The van der Waals surface area contributed by atoms with Crippen molar-refractivity contribution < 1.29 is 0 Å². The minimum atomic E-state index is 0.471.